The molecule has 0 aliphatic carbocycles. The highest BCUT2D eigenvalue weighted by molar-refractivity contribution is 5.73. The zero-order valence-corrected chi connectivity index (χ0v) is 17.2. The van der Waals surface area contributed by atoms with Crippen LogP contribution < -0.4 is 9.47 Å². The summed E-state index contributed by atoms with van der Waals surface area (Å²) >= 11 is 0. The Kier molecular flexibility index (Phi) is 5.99. The van der Waals surface area contributed by atoms with Crippen LogP contribution in [0.1, 0.15) is 17.3 Å². The molecule has 2 aromatic rings. The van der Waals surface area contributed by atoms with E-state index in [4.69, 9.17) is 28.5 Å². The number of halogens is 3. The molecule has 0 bridgehead atoms. The smallest absolute Gasteiger partial charge is 0.475 e. The Morgan fingerprint density at radius 2 is 2.03 bits per heavy atom. The van der Waals surface area contributed by atoms with E-state index in [1.165, 1.54) is 5.56 Å². The summed E-state index contributed by atoms with van der Waals surface area (Å²) in [4.78, 5) is 11.4. The van der Waals surface area contributed by atoms with Crippen LogP contribution in [-0.4, -0.2) is 65.4 Å². The number of likely N-dealkylation sites (tertiary alicyclic amines) is 1. The zero-order chi connectivity index (χ0) is 22.9. The SMILES string of the molecule is Cc1nnc(C[C@]23COC[C@H]2CN(Cc2ccc4c(c2)OCO4)C3)o1.O=C(O)C(F)(F)F. The van der Waals surface area contributed by atoms with Crippen molar-refractivity contribution in [3.05, 3.63) is 35.5 Å². The number of hydrogen-bond acceptors (Lipinski definition) is 8. The third kappa shape index (κ3) is 4.80. The van der Waals surface area contributed by atoms with Crippen molar-refractivity contribution in [3.63, 3.8) is 0 Å². The van der Waals surface area contributed by atoms with Crippen LogP contribution in [-0.2, 0) is 22.5 Å². The second-order valence-corrected chi connectivity index (χ2v) is 8.13. The predicted molar refractivity (Wildman–Crippen MR) is 101 cm³/mol. The molecule has 0 spiro atoms. The summed E-state index contributed by atoms with van der Waals surface area (Å²) in [6.45, 7) is 6.63. The molecule has 1 aromatic carbocycles. The van der Waals surface area contributed by atoms with Crippen molar-refractivity contribution < 1.29 is 41.7 Å². The van der Waals surface area contributed by atoms with Gasteiger partial charge in [-0.05, 0) is 17.7 Å². The molecule has 0 radical (unpaired) electrons. The number of aryl methyl sites for hydroxylation is 1. The molecule has 1 N–H and O–H groups in total. The Labute approximate surface area is 181 Å². The molecular weight excluding hydrogens is 435 g/mol. The standard InChI is InChI=1S/C18H21N3O4.C2HF3O2/c1-12-19-20-17(25-12)5-18-9-21(7-14(18)8-22-10-18)6-13-2-3-15-16(4-13)24-11-23-15;3-2(4,5)1(6)7/h2-4,14H,5-11H2,1H3;(H,6,7)/t14-,18+;/m1./s1. The van der Waals surface area contributed by atoms with Crippen molar-refractivity contribution in [1.29, 1.82) is 0 Å². The molecule has 9 nitrogen and oxygen atoms in total. The number of hydrogen-bond donors (Lipinski definition) is 1. The number of alkyl halides is 3. The van der Waals surface area contributed by atoms with E-state index in [1.807, 2.05) is 13.0 Å². The maximum absolute atomic E-state index is 10.6. The largest absolute Gasteiger partial charge is 0.490 e. The average Bonchev–Trinajstić information content (AvgIpc) is 3.46. The van der Waals surface area contributed by atoms with Gasteiger partial charge in [0.15, 0.2) is 11.5 Å². The number of carboxylic acid groups (broad SMARTS) is 1. The molecule has 0 unspecified atom stereocenters. The van der Waals surface area contributed by atoms with E-state index in [0.717, 1.165) is 56.7 Å². The molecule has 0 saturated carbocycles. The minimum Gasteiger partial charge on any atom is -0.475 e. The number of rotatable bonds is 4. The molecule has 5 rings (SSSR count). The number of ether oxygens (including phenoxy) is 3. The van der Waals surface area contributed by atoms with E-state index in [-0.39, 0.29) is 5.41 Å². The zero-order valence-electron chi connectivity index (χ0n) is 17.2. The van der Waals surface area contributed by atoms with E-state index >= 15 is 0 Å². The van der Waals surface area contributed by atoms with E-state index in [1.54, 1.807) is 0 Å². The van der Waals surface area contributed by atoms with Crippen molar-refractivity contribution in [2.75, 3.05) is 33.1 Å². The average molecular weight is 457 g/mol. The van der Waals surface area contributed by atoms with Crippen molar-refractivity contribution >= 4 is 5.97 Å². The molecule has 2 fully saturated rings. The summed E-state index contributed by atoms with van der Waals surface area (Å²) in [7, 11) is 0. The van der Waals surface area contributed by atoms with Crippen LogP contribution in [0, 0.1) is 18.3 Å². The van der Waals surface area contributed by atoms with Crippen LogP contribution >= 0.6 is 0 Å². The Morgan fingerprint density at radius 1 is 1.28 bits per heavy atom. The summed E-state index contributed by atoms with van der Waals surface area (Å²) in [5.41, 5.74) is 1.32. The highest BCUT2D eigenvalue weighted by Crippen LogP contribution is 2.44. The number of aliphatic carboxylic acids is 1. The first-order valence-electron chi connectivity index (χ1n) is 9.92. The molecule has 3 aliphatic heterocycles. The molecule has 12 heteroatoms. The van der Waals surface area contributed by atoms with Gasteiger partial charge in [0.25, 0.3) is 0 Å². The second kappa shape index (κ2) is 8.58. The number of nitrogens with zero attached hydrogens (tertiary/aromatic N) is 3. The maximum Gasteiger partial charge on any atom is 0.490 e. The summed E-state index contributed by atoms with van der Waals surface area (Å²) in [6.07, 6.45) is -4.30. The summed E-state index contributed by atoms with van der Waals surface area (Å²) in [5.74, 6) is 0.770. The fourth-order valence-electron chi connectivity index (χ4n) is 4.32. The number of aromatic nitrogens is 2. The normalized spacial score (nSPS) is 24.2. The van der Waals surface area contributed by atoms with Gasteiger partial charge in [-0.25, -0.2) is 4.79 Å². The number of carboxylic acids is 1. The van der Waals surface area contributed by atoms with E-state index < -0.39 is 12.1 Å². The Morgan fingerprint density at radius 3 is 2.72 bits per heavy atom. The number of fused-ring (bicyclic) bond motifs is 2. The van der Waals surface area contributed by atoms with Gasteiger partial charge in [0.05, 0.1) is 13.2 Å². The molecular formula is C20H22F3N3O6. The van der Waals surface area contributed by atoms with Gasteiger partial charge in [0, 0.05) is 44.3 Å². The summed E-state index contributed by atoms with van der Waals surface area (Å²) in [6, 6.07) is 6.20. The maximum atomic E-state index is 10.6. The Balaban J connectivity index is 0.000000307. The van der Waals surface area contributed by atoms with Crippen molar-refractivity contribution in [3.8, 4) is 11.5 Å². The highest BCUT2D eigenvalue weighted by Gasteiger charge is 2.51. The molecule has 3 aliphatic rings. The van der Waals surface area contributed by atoms with Crippen molar-refractivity contribution in [2.24, 2.45) is 11.3 Å². The van der Waals surface area contributed by atoms with Crippen molar-refractivity contribution in [1.82, 2.24) is 15.1 Å². The molecule has 2 atom stereocenters. The third-order valence-corrected chi connectivity index (χ3v) is 5.75. The summed E-state index contributed by atoms with van der Waals surface area (Å²) in [5, 5.41) is 15.3. The van der Waals surface area contributed by atoms with Gasteiger partial charge >= 0.3 is 12.1 Å². The van der Waals surface area contributed by atoms with Gasteiger partial charge in [-0.1, -0.05) is 6.07 Å². The third-order valence-electron chi connectivity index (χ3n) is 5.75. The van der Waals surface area contributed by atoms with Gasteiger partial charge in [-0.15, -0.1) is 10.2 Å². The number of carbonyl (C=O) groups is 1. The lowest BCUT2D eigenvalue weighted by molar-refractivity contribution is -0.192. The molecule has 174 valence electrons. The molecule has 4 heterocycles. The lowest BCUT2D eigenvalue weighted by Gasteiger charge is -2.25. The van der Waals surface area contributed by atoms with E-state index in [9.17, 15) is 13.2 Å². The molecule has 2 saturated heterocycles. The van der Waals surface area contributed by atoms with Gasteiger partial charge in [0.1, 0.15) is 0 Å². The van der Waals surface area contributed by atoms with Crippen LogP contribution in [0.2, 0.25) is 0 Å². The highest BCUT2D eigenvalue weighted by atomic mass is 19.4. The first kappa shape index (κ1) is 22.3. The number of benzene rings is 1. The van der Waals surface area contributed by atoms with Crippen LogP contribution in [0.15, 0.2) is 22.6 Å². The van der Waals surface area contributed by atoms with Gasteiger partial charge in [0.2, 0.25) is 18.6 Å². The van der Waals surface area contributed by atoms with Crippen LogP contribution in [0.3, 0.4) is 0 Å². The fraction of sp³-hybridized carbons (Fsp3) is 0.550. The minimum absolute atomic E-state index is 0.0787. The lowest BCUT2D eigenvalue weighted by Crippen LogP contribution is -2.33. The van der Waals surface area contributed by atoms with Crippen LogP contribution in [0.4, 0.5) is 13.2 Å². The monoisotopic (exact) mass is 457 g/mol. The second-order valence-electron chi connectivity index (χ2n) is 8.13. The first-order chi connectivity index (χ1) is 15.1. The molecule has 32 heavy (non-hydrogen) atoms. The van der Waals surface area contributed by atoms with Gasteiger partial charge < -0.3 is 23.7 Å². The summed E-state index contributed by atoms with van der Waals surface area (Å²) < 4.78 is 54.0. The Hall–Kier alpha value is -2.86. The lowest BCUT2D eigenvalue weighted by atomic mass is 9.78. The topological polar surface area (TPSA) is 107 Å². The Bertz CT molecular complexity index is 982. The van der Waals surface area contributed by atoms with E-state index in [0.29, 0.717) is 18.6 Å². The predicted octanol–water partition coefficient (Wildman–Crippen LogP) is 2.43. The minimum atomic E-state index is -5.08. The van der Waals surface area contributed by atoms with Crippen LogP contribution in [0.5, 0.6) is 11.5 Å². The quantitative estimate of drug-likeness (QED) is 0.741. The van der Waals surface area contributed by atoms with Crippen molar-refractivity contribution in [2.45, 2.75) is 26.1 Å². The first-order valence-corrected chi connectivity index (χ1v) is 9.92. The molecule has 0 amide bonds. The van der Waals surface area contributed by atoms with Crippen LogP contribution in [0.25, 0.3) is 0 Å². The fourth-order valence-corrected chi connectivity index (χ4v) is 4.32. The molecule has 1 aromatic heterocycles. The van der Waals surface area contributed by atoms with Gasteiger partial charge in [-0.2, -0.15) is 13.2 Å². The van der Waals surface area contributed by atoms with E-state index in [2.05, 4.69) is 27.2 Å². The van der Waals surface area contributed by atoms with Gasteiger partial charge in [-0.3, -0.25) is 4.90 Å².